The zero-order valence-electron chi connectivity index (χ0n) is 9.34. The third-order valence-electron chi connectivity index (χ3n) is 2.82. The number of carboxylic acid groups (broad SMARTS) is 1. The molecule has 0 amide bonds. The van der Waals surface area contributed by atoms with Crippen LogP contribution in [0, 0.1) is 5.92 Å². The molecule has 0 aromatic rings. The van der Waals surface area contributed by atoms with Crippen molar-refractivity contribution in [3.63, 3.8) is 0 Å². The van der Waals surface area contributed by atoms with Gasteiger partial charge in [0.25, 0.3) is 0 Å². The first-order valence-corrected chi connectivity index (χ1v) is 5.16. The topological polar surface area (TPSA) is 57.5 Å². The molecule has 0 aliphatic heterocycles. The van der Waals surface area contributed by atoms with Crippen molar-refractivity contribution in [2.75, 3.05) is 0 Å². The Morgan fingerprint density at radius 3 is 2.19 bits per heavy atom. The van der Waals surface area contributed by atoms with Crippen LogP contribution in [0.4, 0.5) is 13.2 Å². The summed E-state index contributed by atoms with van der Waals surface area (Å²) in [6, 6.07) is 0. The van der Waals surface area contributed by atoms with Crippen LogP contribution in [0.25, 0.3) is 0 Å². The molecule has 96 valence electrons. The molecule has 0 heterocycles. The average Bonchev–Trinajstić information content (AvgIpc) is 2.13. The van der Waals surface area contributed by atoms with Crippen LogP contribution < -0.4 is 0 Å². The maximum absolute atomic E-state index is 11.9. The van der Waals surface area contributed by atoms with Crippen molar-refractivity contribution in [2.45, 2.75) is 51.3 Å². The predicted octanol–water partition coefficient (Wildman–Crippen LogP) is 2.58. The molecule has 0 aromatic carbocycles. The minimum Gasteiger partial charge on any atom is -0.479 e. The average molecular weight is 242 g/mol. The highest BCUT2D eigenvalue weighted by Crippen LogP contribution is 2.29. The van der Waals surface area contributed by atoms with Crippen LogP contribution in [0.2, 0.25) is 0 Å². The molecule has 0 rings (SSSR count). The number of alkyl halides is 3. The summed E-state index contributed by atoms with van der Waals surface area (Å²) in [6.07, 6.45) is -5.32. The monoisotopic (exact) mass is 242 g/mol. The van der Waals surface area contributed by atoms with Gasteiger partial charge in [0.15, 0.2) is 5.60 Å². The highest BCUT2D eigenvalue weighted by Gasteiger charge is 2.40. The summed E-state index contributed by atoms with van der Waals surface area (Å²) in [5.74, 6) is -2.08. The summed E-state index contributed by atoms with van der Waals surface area (Å²) in [7, 11) is 0. The fourth-order valence-corrected chi connectivity index (χ4v) is 1.56. The summed E-state index contributed by atoms with van der Waals surface area (Å²) < 4.78 is 35.6. The lowest BCUT2D eigenvalue weighted by atomic mass is 9.83. The van der Waals surface area contributed by atoms with Crippen LogP contribution in [0.5, 0.6) is 0 Å². The van der Waals surface area contributed by atoms with Gasteiger partial charge < -0.3 is 10.2 Å². The lowest BCUT2D eigenvalue weighted by Gasteiger charge is -2.28. The quantitative estimate of drug-likeness (QED) is 0.752. The maximum Gasteiger partial charge on any atom is 0.389 e. The third-order valence-corrected chi connectivity index (χ3v) is 2.82. The molecule has 2 atom stereocenters. The van der Waals surface area contributed by atoms with Crippen molar-refractivity contribution in [3.8, 4) is 0 Å². The first kappa shape index (κ1) is 15.2. The number of aliphatic hydroxyl groups is 1. The fourth-order valence-electron chi connectivity index (χ4n) is 1.56. The second-order valence-corrected chi connectivity index (χ2v) is 3.99. The Balaban J connectivity index is 4.24. The van der Waals surface area contributed by atoms with E-state index in [1.807, 2.05) is 0 Å². The number of aliphatic carboxylic acids is 1. The van der Waals surface area contributed by atoms with Crippen molar-refractivity contribution in [2.24, 2.45) is 5.92 Å². The standard InChI is InChI=1S/C10H17F3O3/c1-3-9(16,8(14)15)7(2)5-4-6-10(11,12)13/h7,16H,3-6H2,1-2H3,(H,14,15). The van der Waals surface area contributed by atoms with Crippen molar-refractivity contribution in [1.29, 1.82) is 0 Å². The number of carboxylic acids is 1. The smallest absolute Gasteiger partial charge is 0.389 e. The Morgan fingerprint density at radius 2 is 1.88 bits per heavy atom. The zero-order valence-corrected chi connectivity index (χ0v) is 9.34. The van der Waals surface area contributed by atoms with E-state index in [0.29, 0.717) is 0 Å². The van der Waals surface area contributed by atoms with Gasteiger partial charge in [-0.05, 0) is 25.2 Å². The van der Waals surface area contributed by atoms with Gasteiger partial charge >= 0.3 is 12.1 Å². The fraction of sp³-hybridized carbons (Fsp3) is 0.900. The van der Waals surface area contributed by atoms with E-state index in [-0.39, 0.29) is 19.3 Å². The number of halogens is 3. The molecule has 0 aromatic heterocycles. The van der Waals surface area contributed by atoms with E-state index < -0.39 is 30.1 Å². The van der Waals surface area contributed by atoms with Gasteiger partial charge in [-0.3, -0.25) is 0 Å². The van der Waals surface area contributed by atoms with Gasteiger partial charge in [-0.25, -0.2) is 4.79 Å². The molecule has 0 saturated heterocycles. The molecular weight excluding hydrogens is 225 g/mol. The van der Waals surface area contributed by atoms with Crippen LogP contribution >= 0.6 is 0 Å². The summed E-state index contributed by atoms with van der Waals surface area (Å²) in [5, 5.41) is 18.5. The van der Waals surface area contributed by atoms with E-state index in [1.165, 1.54) is 13.8 Å². The van der Waals surface area contributed by atoms with Gasteiger partial charge in [-0.1, -0.05) is 13.8 Å². The van der Waals surface area contributed by atoms with E-state index in [9.17, 15) is 23.1 Å². The summed E-state index contributed by atoms with van der Waals surface area (Å²) in [5.41, 5.74) is -1.93. The summed E-state index contributed by atoms with van der Waals surface area (Å²) >= 11 is 0. The minimum absolute atomic E-state index is 0.0183. The second kappa shape index (κ2) is 5.52. The van der Waals surface area contributed by atoms with Crippen LogP contribution in [-0.4, -0.2) is 28.0 Å². The van der Waals surface area contributed by atoms with Gasteiger partial charge in [0.1, 0.15) is 0 Å². The molecule has 0 bridgehead atoms. The first-order chi connectivity index (χ1) is 7.13. The Morgan fingerprint density at radius 1 is 1.38 bits per heavy atom. The summed E-state index contributed by atoms with van der Waals surface area (Å²) in [6.45, 7) is 2.95. The van der Waals surface area contributed by atoms with Gasteiger partial charge in [0.2, 0.25) is 0 Å². The predicted molar refractivity (Wildman–Crippen MR) is 51.9 cm³/mol. The lowest BCUT2D eigenvalue weighted by Crippen LogP contribution is -2.44. The van der Waals surface area contributed by atoms with E-state index in [0.717, 1.165) is 0 Å². The molecule has 0 saturated carbocycles. The number of carbonyl (C=O) groups is 1. The Labute approximate surface area is 92.3 Å². The Bertz CT molecular complexity index is 240. The molecule has 0 aliphatic rings. The molecule has 2 unspecified atom stereocenters. The Kier molecular flexibility index (Phi) is 5.25. The van der Waals surface area contributed by atoms with Gasteiger partial charge in [0.05, 0.1) is 0 Å². The summed E-state index contributed by atoms with van der Waals surface area (Å²) in [4.78, 5) is 10.8. The van der Waals surface area contributed by atoms with Crippen LogP contribution in [-0.2, 0) is 4.79 Å². The Hall–Kier alpha value is -0.780. The highest BCUT2D eigenvalue weighted by molar-refractivity contribution is 5.77. The van der Waals surface area contributed by atoms with Gasteiger partial charge in [-0.2, -0.15) is 13.2 Å². The van der Waals surface area contributed by atoms with E-state index in [2.05, 4.69) is 0 Å². The zero-order chi connectivity index (χ0) is 13.0. The lowest BCUT2D eigenvalue weighted by molar-refractivity contribution is -0.165. The molecule has 0 radical (unpaired) electrons. The third kappa shape index (κ3) is 4.38. The van der Waals surface area contributed by atoms with Crippen molar-refractivity contribution in [1.82, 2.24) is 0 Å². The molecule has 0 aliphatic carbocycles. The minimum atomic E-state index is -4.23. The van der Waals surface area contributed by atoms with Crippen molar-refractivity contribution >= 4 is 5.97 Å². The largest absolute Gasteiger partial charge is 0.479 e. The molecule has 6 heteroatoms. The van der Waals surface area contributed by atoms with Crippen LogP contribution in [0.15, 0.2) is 0 Å². The first-order valence-electron chi connectivity index (χ1n) is 5.16. The maximum atomic E-state index is 11.9. The normalized spacial score (nSPS) is 17.9. The van der Waals surface area contributed by atoms with E-state index in [4.69, 9.17) is 5.11 Å². The number of hydrogen-bond acceptors (Lipinski definition) is 2. The molecule has 16 heavy (non-hydrogen) atoms. The SMILES string of the molecule is CCC(O)(C(=O)O)C(C)CCCC(F)(F)F. The van der Waals surface area contributed by atoms with Gasteiger partial charge in [0, 0.05) is 6.42 Å². The molecule has 3 nitrogen and oxygen atoms in total. The number of rotatable bonds is 6. The molecule has 2 N–H and O–H groups in total. The van der Waals surface area contributed by atoms with Crippen LogP contribution in [0.3, 0.4) is 0 Å². The second-order valence-electron chi connectivity index (χ2n) is 3.99. The van der Waals surface area contributed by atoms with E-state index >= 15 is 0 Å². The van der Waals surface area contributed by atoms with E-state index in [1.54, 1.807) is 0 Å². The number of hydrogen-bond donors (Lipinski definition) is 2. The molecular formula is C10H17F3O3. The van der Waals surface area contributed by atoms with Crippen molar-refractivity contribution in [3.05, 3.63) is 0 Å². The van der Waals surface area contributed by atoms with Crippen LogP contribution in [0.1, 0.15) is 39.5 Å². The molecule has 0 fully saturated rings. The van der Waals surface area contributed by atoms with Gasteiger partial charge in [-0.15, -0.1) is 0 Å². The molecule has 0 spiro atoms. The van der Waals surface area contributed by atoms with Crippen molar-refractivity contribution < 1.29 is 28.2 Å². The highest BCUT2D eigenvalue weighted by atomic mass is 19.4.